The Hall–Kier alpha value is -1.33. The van der Waals surface area contributed by atoms with Gasteiger partial charge in [-0.25, -0.2) is 0 Å². The van der Waals surface area contributed by atoms with Crippen LogP contribution >= 0.6 is 0 Å². The molecule has 21 heavy (non-hydrogen) atoms. The highest BCUT2D eigenvalue weighted by atomic mass is 16.5. The van der Waals surface area contributed by atoms with E-state index >= 15 is 0 Å². The molecule has 2 heterocycles. The van der Waals surface area contributed by atoms with Crippen molar-refractivity contribution in [1.29, 1.82) is 0 Å². The van der Waals surface area contributed by atoms with Crippen molar-refractivity contribution in [2.24, 2.45) is 0 Å². The Kier molecular flexibility index (Phi) is 5.06. The molecule has 1 aliphatic heterocycles. The summed E-state index contributed by atoms with van der Waals surface area (Å²) in [7, 11) is 3.32. The van der Waals surface area contributed by atoms with E-state index in [-0.39, 0.29) is 5.54 Å². The van der Waals surface area contributed by atoms with E-state index in [1.54, 1.807) is 20.4 Å². The normalized spacial score (nSPS) is 22.0. The highest BCUT2D eigenvalue weighted by Gasteiger charge is 2.34. The molecule has 0 aromatic carbocycles. The minimum absolute atomic E-state index is 0.0986. The highest BCUT2D eigenvalue weighted by Crippen LogP contribution is 2.31. The van der Waals surface area contributed by atoms with E-state index in [2.05, 4.69) is 36.0 Å². The lowest BCUT2D eigenvalue weighted by Crippen LogP contribution is -2.61. The van der Waals surface area contributed by atoms with Crippen molar-refractivity contribution < 1.29 is 9.47 Å². The molecule has 0 radical (unpaired) electrons. The average molecular weight is 293 g/mol. The third-order valence-electron chi connectivity index (χ3n) is 4.32. The lowest BCUT2D eigenvalue weighted by molar-refractivity contribution is 0.0556. The number of methoxy groups -OCH3 is 2. The smallest absolute Gasteiger partial charge is 0.183 e. The molecule has 5 nitrogen and oxygen atoms in total. The maximum absolute atomic E-state index is 5.50. The van der Waals surface area contributed by atoms with Crippen LogP contribution in [0.4, 0.5) is 0 Å². The fraction of sp³-hybridized carbons (Fsp3) is 0.688. The van der Waals surface area contributed by atoms with E-state index in [4.69, 9.17) is 9.47 Å². The van der Waals surface area contributed by atoms with E-state index in [9.17, 15) is 0 Å². The Labute approximate surface area is 127 Å². The summed E-state index contributed by atoms with van der Waals surface area (Å²) >= 11 is 0. The van der Waals surface area contributed by atoms with Crippen LogP contribution < -0.4 is 14.8 Å². The average Bonchev–Trinajstić information content (AvgIpc) is 2.48. The number of nitrogens with one attached hydrogen (secondary N) is 1. The molecule has 1 fully saturated rings. The summed E-state index contributed by atoms with van der Waals surface area (Å²) in [6.45, 7) is 9.52. The fourth-order valence-corrected chi connectivity index (χ4v) is 2.78. The van der Waals surface area contributed by atoms with Gasteiger partial charge >= 0.3 is 0 Å². The number of piperazine rings is 1. The Morgan fingerprint density at radius 3 is 2.76 bits per heavy atom. The van der Waals surface area contributed by atoms with Gasteiger partial charge in [-0.15, -0.1) is 0 Å². The van der Waals surface area contributed by atoms with Crippen LogP contribution in [0, 0.1) is 0 Å². The van der Waals surface area contributed by atoms with Gasteiger partial charge in [-0.05, 0) is 20.3 Å². The van der Waals surface area contributed by atoms with Gasteiger partial charge in [-0.3, -0.25) is 9.88 Å². The number of aromatic nitrogens is 1. The van der Waals surface area contributed by atoms with Gasteiger partial charge in [-0.2, -0.15) is 0 Å². The summed E-state index contributed by atoms with van der Waals surface area (Å²) in [5, 5.41) is 3.61. The molecule has 1 unspecified atom stereocenters. The first-order valence-electron chi connectivity index (χ1n) is 7.56. The molecule has 1 aromatic heterocycles. The lowest BCUT2D eigenvalue weighted by Gasteiger charge is -2.46. The first-order chi connectivity index (χ1) is 10.0. The molecule has 0 saturated carbocycles. The van der Waals surface area contributed by atoms with Crippen LogP contribution in [-0.4, -0.2) is 48.8 Å². The first kappa shape index (κ1) is 16.0. The zero-order valence-corrected chi connectivity index (χ0v) is 13.8. The van der Waals surface area contributed by atoms with Crippen LogP contribution in [0.5, 0.6) is 11.5 Å². The van der Waals surface area contributed by atoms with Crippen molar-refractivity contribution in [3.8, 4) is 11.5 Å². The molecule has 1 saturated heterocycles. The highest BCUT2D eigenvalue weighted by molar-refractivity contribution is 5.42. The Morgan fingerprint density at radius 1 is 1.38 bits per heavy atom. The standard InChI is InChI=1S/C16H27N3O2/c1-6-12-9-19(16(2,3)11-18-12)10-13-15(21-5)14(20-4)7-8-17-13/h7-8,12,18H,6,9-11H2,1-5H3. The second-order valence-electron chi connectivity index (χ2n) is 6.17. The zero-order valence-electron chi connectivity index (χ0n) is 13.8. The van der Waals surface area contributed by atoms with Gasteiger partial charge in [0.2, 0.25) is 0 Å². The fourth-order valence-electron chi connectivity index (χ4n) is 2.78. The molecular weight excluding hydrogens is 266 g/mol. The second-order valence-corrected chi connectivity index (χ2v) is 6.17. The van der Waals surface area contributed by atoms with Gasteiger partial charge in [-0.1, -0.05) is 6.92 Å². The maximum atomic E-state index is 5.50. The molecule has 1 atom stereocenters. The maximum Gasteiger partial charge on any atom is 0.183 e. The van der Waals surface area contributed by atoms with Gasteiger partial charge in [0.05, 0.1) is 14.2 Å². The molecule has 0 aliphatic carbocycles. The van der Waals surface area contributed by atoms with Crippen molar-refractivity contribution >= 4 is 0 Å². The summed E-state index contributed by atoms with van der Waals surface area (Å²) in [4.78, 5) is 6.98. The van der Waals surface area contributed by atoms with Gasteiger partial charge in [0.25, 0.3) is 0 Å². The Bertz CT molecular complexity index is 477. The quantitative estimate of drug-likeness (QED) is 0.900. The number of nitrogens with zero attached hydrogens (tertiary/aromatic N) is 2. The molecular formula is C16H27N3O2. The number of pyridine rings is 1. The van der Waals surface area contributed by atoms with Crippen LogP contribution in [0.25, 0.3) is 0 Å². The van der Waals surface area contributed by atoms with E-state index < -0.39 is 0 Å². The van der Waals surface area contributed by atoms with Crippen LogP contribution in [0.3, 0.4) is 0 Å². The number of rotatable bonds is 5. The molecule has 5 heteroatoms. The summed E-state index contributed by atoms with van der Waals surface area (Å²) in [5.74, 6) is 1.48. The molecule has 0 bridgehead atoms. The number of hydrogen-bond acceptors (Lipinski definition) is 5. The van der Waals surface area contributed by atoms with Gasteiger partial charge in [0, 0.05) is 43.5 Å². The second kappa shape index (κ2) is 6.62. The van der Waals surface area contributed by atoms with Gasteiger partial charge in [0.1, 0.15) is 5.69 Å². The van der Waals surface area contributed by atoms with Crippen molar-refractivity contribution in [3.05, 3.63) is 18.0 Å². The van der Waals surface area contributed by atoms with E-state index in [1.807, 2.05) is 6.07 Å². The van der Waals surface area contributed by atoms with E-state index in [0.29, 0.717) is 6.04 Å². The summed E-state index contributed by atoms with van der Waals surface area (Å²) in [6.07, 6.45) is 2.92. The summed E-state index contributed by atoms with van der Waals surface area (Å²) in [6, 6.07) is 2.37. The van der Waals surface area contributed by atoms with Crippen LogP contribution in [0.15, 0.2) is 12.3 Å². The Morgan fingerprint density at radius 2 is 2.14 bits per heavy atom. The SMILES string of the molecule is CCC1CN(Cc2nccc(OC)c2OC)C(C)(C)CN1. The number of hydrogen-bond donors (Lipinski definition) is 1. The van der Waals surface area contributed by atoms with Crippen LogP contribution in [0.1, 0.15) is 32.9 Å². The topological polar surface area (TPSA) is 46.6 Å². The predicted molar refractivity (Wildman–Crippen MR) is 83.9 cm³/mol. The molecule has 1 N–H and O–H groups in total. The first-order valence-corrected chi connectivity index (χ1v) is 7.56. The van der Waals surface area contributed by atoms with Crippen molar-refractivity contribution in [1.82, 2.24) is 15.2 Å². The molecule has 118 valence electrons. The van der Waals surface area contributed by atoms with Crippen molar-refractivity contribution in [3.63, 3.8) is 0 Å². The van der Waals surface area contributed by atoms with Crippen LogP contribution in [0.2, 0.25) is 0 Å². The van der Waals surface area contributed by atoms with Crippen molar-refractivity contribution in [2.45, 2.75) is 45.3 Å². The van der Waals surface area contributed by atoms with Gasteiger partial charge < -0.3 is 14.8 Å². The molecule has 1 aliphatic rings. The monoisotopic (exact) mass is 293 g/mol. The molecule has 0 amide bonds. The van der Waals surface area contributed by atoms with E-state index in [1.165, 1.54) is 0 Å². The van der Waals surface area contributed by atoms with Gasteiger partial charge in [0.15, 0.2) is 11.5 Å². The predicted octanol–water partition coefficient (Wildman–Crippen LogP) is 2.06. The largest absolute Gasteiger partial charge is 0.493 e. The molecule has 2 rings (SSSR count). The third-order valence-corrected chi connectivity index (χ3v) is 4.32. The van der Waals surface area contributed by atoms with Crippen molar-refractivity contribution in [2.75, 3.05) is 27.3 Å². The summed E-state index contributed by atoms with van der Waals surface area (Å²) < 4.78 is 10.9. The number of ether oxygens (including phenoxy) is 2. The molecule has 1 aromatic rings. The summed E-state index contributed by atoms with van der Waals surface area (Å²) in [5.41, 5.74) is 1.03. The Balaban J connectivity index is 2.23. The third kappa shape index (κ3) is 3.47. The van der Waals surface area contributed by atoms with Crippen LogP contribution in [-0.2, 0) is 6.54 Å². The minimum atomic E-state index is 0.0986. The lowest BCUT2D eigenvalue weighted by atomic mass is 9.96. The molecule has 0 spiro atoms. The van der Waals surface area contributed by atoms with E-state index in [0.717, 1.165) is 43.2 Å². The zero-order chi connectivity index (χ0) is 15.5. The minimum Gasteiger partial charge on any atom is -0.493 e.